The molecule has 3 heterocycles. The third-order valence-corrected chi connectivity index (χ3v) is 7.88. The van der Waals surface area contributed by atoms with E-state index in [9.17, 15) is 9.59 Å². The Kier molecular flexibility index (Phi) is 5.68. The van der Waals surface area contributed by atoms with Gasteiger partial charge >= 0.3 is 0 Å². The Labute approximate surface area is 221 Å². The van der Waals surface area contributed by atoms with Crippen LogP contribution in [-0.2, 0) is 16.6 Å². The van der Waals surface area contributed by atoms with Crippen LogP contribution in [0.5, 0.6) is 0 Å². The second-order valence-corrected chi connectivity index (χ2v) is 10.4. The number of fused-ring (bicyclic) bond motifs is 1. The van der Waals surface area contributed by atoms with E-state index < -0.39 is 23.0 Å². The quantitative estimate of drug-likeness (QED) is 0.272. The van der Waals surface area contributed by atoms with Crippen LogP contribution < -0.4 is 16.0 Å². The first-order chi connectivity index (χ1) is 18.4. The van der Waals surface area contributed by atoms with E-state index in [1.807, 2.05) is 29.9 Å². The fraction of sp³-hybridized carbons (Fsp3) is 0.143. The molecule has 0 radical (unpaired) electrons. The number of hydrogen-bond acceptors (Lipinski definition) is 6. The van der Waals surface area contributed by atoms with Crippen molar-refractivity contribution in [2.75, 3.05) is 10.2 Å². The summed E-state index contributed by atoms with van der Waals surface area (Å²) in [7, 11) is 1.91. The molecule has 2 amide bonds. The molecule has 5 aromatic rings. The largest absolute Gasteiger partial charge is 0.369 e. The maximum atomic E-state index is 15.5. The van der Waals surface area contributed by atoms with Gasteiger partial charge in [-0.2, -0.15) is 0 Å². The lowest BCUT2D eigenvalue weighted by Gasteiger charge is -2.27. The number of para-hydroxylation sites is 1. The molecule has 0 aliphatic heterocycles. The number of pyridine rings is 1. The maximum Gasteiger partial charge on any atom is 0.247 e. The molecule has 1 aliphatic carbocycles. The van der Waals surface area contributed by atoms with E-state index in [0.717, 1.165) is 20.8 Å². The van der Waals surface area contributed by atoms with Gasteiger partial charge in [-0.15, -0.1) is 11.3 Å². The number of primary amides is 1. The number of aromatic nitrogens is 3. The van der Waals surface area contributed by atoms with Crippen LogP contribution in [0.15, 0.2) is 79.4 Å². The number of imidazole rings is 1. The first-order valence-electron chi connectivity index (χ1n) is 12.0. The Hall–Kier alpha value is -4.57. The number of nitrogens with zero attached hydrogens (tertiary/aromatic N) is 4. The molecule has 0 spiro atoms. The van der Waals surface area contributed by atoms with Crippen molar-refractivity contribution in [2.24, 2.45) is 18.2 Å². The Morgan fingerprint density at radius 3 is 2.50 bits per heavy atom. The van der Waals surface area contributed by atoms with Gasteiger partial charge in [-0.3, -0.25) is 19.5 Å². The summed E-state index contributed by atoms with van der Waals surface area (Å²) in [5.41, 5.74) is 7.72. The van der Waals surface area contributed by atoms with E-state index in [4.69, 9.17) is 5.73 Å². The number of rotatable bonds is 7. The SMILES string of the molecule is Cn1cnc(-c2cc3nccc(Nc4ccc(N(C(=O)C5(C(N)=O)CC5)c5ccccc5)cc4F)c3s2)c1. The molecule has 3 N–H and O–H groups in total. The van der Waals surface area contributed by atoms with Gasteiger partial charge in [0.1, 0.15) is 11.2 Å². The second-order valence-electron chi connectivity index (χ2n) is 9.32. The third-order valence-electron chi connectivity index (χ3n) is 6.70. The number of nitrogens with two attached hydrogens (primary N) is 1. The summed E-state index contributed by atoms with van der Waals surface area (Å²) in [6, 6.07) is 17.1. The topological polar surface area (TPSA) is 106 Å². The Morgan fingerprint density at radius 2 is 1.84 bits per heavy atom. The lowest BCUT2D eigenvalue weighted by Crippen LogP contribution is -2.41. The summed E-state index contributed by atoms with van der Waals surface area (Å²) in [5, 5.41) is 3.17. The highest BCUT2D eigenvalue weighted by Crippen LogP contribution is 2.49. The van der Waals surface area contributed by atoms with Crippen molar-refractivity contribution in [1.82, 2.24) is 14.5 Å². The van der Waals surface area contributed by atoms with Crippen molar-refractivity contribution in [3.8, 4) is 10.6 Å². The number of hydrogen-bond donors (Lipinski definition) is 2. The minimum Gasteiger partial charge on any atom is -0.369 e. The Morgan fingerprint density at radius 1 is 1.05 bits per heavy atom. The monoisotopic (exact) mass is 526 g/mol. The molecular weight excluding hydrogens is 503 g/mol. The summed E-state index contributed by atoms with van der Waals surface area (Å²) in [5.74, 6) is -1.66. The van der Waals surface area contributed by atoms with Gasteiger partial charge in [-0.25, -0.2) is 9.37 Å². The van der Waals surface area contributed by atoms with Crippen molar-refractivity contribution < 1.29 is 14.0 Å². The molecule has 38 heavy (non-hydrogen) atoms. The zero-order valence-corrected chi connectivity index (χ0v) is 21.2. The number of anilines is 4. The fourth-order valence-corrected chi connectivity index (χ4v) is 5.50. The van der Waals surface area contributed by atoms with Crippen molar-refractivity contribution >= 4 is 56.1 Å². The smallest absolute Gasteiger partial charge is 0.247 e. The summed E-state index contributed by atoms with van der Waals surface area (Å²) in [6.07, 6.45) is 6.10. The minimum atomic E-state index is -1.25. The van der Waals surface area contributed by atoms with E-state index in [2.05, 4.69) is 15.3 Å². The molecular formula is C28H23FN6O2S. The van der Waals surface area contributed by atoms with Crippen molar-refractivity contribution in [2.45, 2.75) is 12.8 Å². The lowest BCUT2D eigenvalue weighted by atomic mass is 10.0. The summed E-state index contributed by atoms with van der Waals surface area (Å²) in [6.45, 7) is 0. The number of thiophene rings is 1. The summed E-state index contributed by atoms with van der Waals surface area (Å²) in [4.78, 5) is 36.8. The van der Waals surface area contributed by atoms with Crippen LogP contribution in [0.2, 0.25) is 0 Å². The molecule has 1 aliphatic rings. The van der Waals surface area contributed by atoms with Crippen LogP contribution in [0.25, 0.3) is 20.8 Å². The number of carbonyl (C=O) groups is 2. The van der Waals surface area contributed by atoms with Crippen LogP contribution in [0.4, 0.5) is 27.1 Å². The number of aryl methyl sites for hydroxylation is 1. The molecule has 6 rings (SSSR count). The van der Waals surface area contributed by atoms with Gasteiger partial charge in [-0.05, 0) is 49.2 Å². The summed E-state index contributed by atoms with van der Waals surface area (Å²) < 4.78 is 18.2. The van der Waals surface area contributed by atoms with E-state index >= 15 is 4.39 Å². The van der Waals surface area contributed by atoms with Crippen molar-refractivity contribution in [1.29, 1.82) is 0 Å². The molecule has 8 nitrogen and oxygen atoms in total. The molecule has 10 heteroatoms. The van der Waals surface area contributed by atoms with Gasteiger partial charge in [0.2, 0.25) is 11.8 Å². The predicted octanol–water partition coefficient (Wildman–Crippen LogP) is 5.51. The van der Waals surface area contributed by atoms with Crippen molar-refractivity contribution in [3.63, 3.8) is 0 Å². The van der Waals surface area contributed by atoms with E-state index in [1.54, 1.807) is 55.0 Å². The molecule has 1 fully saturated rings. The van der Waals surface area contributed by atoms with Gasteiger partial charge in [0, 0.05) is 31.2 Å². The van der Waals surface area contributed by atoms with E-state index in [-0.39, 0.29) is 5.69 Å². The first kappa shape index (κ1) is 23.8. The zero-order chi connectivity index (χ0) is 26.4. The van der Waals surface area contributed by atoms with Gasteiger partial charge in [0.15, 0.2) is 0 Å². The predicted molar refractivity (Wildman–Crippen MR) is 146 cm³/mol. The molecule has 3 aromatic heterocycles. The average Bonchev–Trinajstić information content (AvgIpc) is 3.44. The van der Waals surface area contributed by atoms with Gasteiger partial charge in [0.05, 0.1) is 44.2 Å². The first-order valence-corrected chi connectivity index (χ1v) is 12.8. The number of benzene rings is 2. The molecule has 0 saturated heterocycles. The standard InChI is InChI=1S/C28H23FN6O2S/c1-34-15-23(32-16-34)24-14-22-25(38-24)21(9-12-31-22)33-20-8-7-18(13-19(20)29)35(17-5-3-2-4-6-17)27(37)28(10-11-28)26(30)36/h2-9,12-16H,10-11H2,1H3,(H2,30,36)(H,31,33). The minimum absolute atomic E-state index is 0.241. The van der Waals surface area contributed by atoms with Crippen LogP contribution in [-0.4, -0.2) is 26.3 Å². The number of carbonyl (C=O) groups excluding carboxylic acids is 2. The zero-order valence-electron chi connectivity index (χ0n) is 20.4. The van der Waals surface area contributed by atoms with Gasteiger partial charge in [0.25, 0.3) is 0 Å². The van der Waals surface area contributed by atoms with Crippen LogP contribution in [0.1, 0.15) is 12.8 Å². The van der Waals surface area contributed by atoms with Crippen molar-refractivity contribution in [3.05, 3.63) is 85.2 Å². The molecule has 0 bridgehead atoms. The average molecular weight is 527 g/mol. The highest BCUT2D eigenvalue weighted by molar-refractivity contribution is 7.22. The highest BCUT2D eigenvalue weighted by Gasteiger charge is 2.57. The molecule has 1 saturated carbocycles. The molecule has 0 atom stereocenters. The van der Waals surface area contributed by atoms with E-state index in [0.29, 0.717) is 29.9 Å². The maximum absolute atomic E-state index is 15.5. The third kappa shape index (κ3) is 4.08. The normalized spacial score (nSPS) is 13.8. The summed E-state index contributed by atoms with van der Waals surface area (Å²) >= 11 is 1.52. The molecule has 190 valence electrons. The Balaban J connectivity index is 1.34. The second kappa shape index (κ2) is 9.07. The fourth-order valence-electron chi connectivity index (χ4n) is 4.46. The lowest BCUT2D eigenvalue weighted by molar-refractivity contribution is -0.133. The van der Waals surface area contributed by atoms with Crippen LogP contribution >= 0.6 is 11.3 Å². The molecule has 0 unspecified atom stereocenters. The highest BCUT2D eigenvalue weighted by atomic mass is 32.1. The van der Waals surface area contributed by atoms with E-state index in [1.165, 1.54) is 22.3 Å². The molecule has 2 aromatic carbocycles. The Bertz CT molecular complexity index is 1690. The van der Waals surface area contributed by atoms with Crippen LogP contribution in [0, 0.1) is 11.2 Å². The number of nitrogens with one attached hydrogen (secondary N) is 1. The van der Waals surface area contributed by atoms with Gasteiger partial charge in [-0.1, -0.05) is 18.2 Å². The number of amides is 2. The number of halogens is 1. The van der Waals surface area contributed by atoms with Crippen LogP contribution in [0.3, 0.4) is 0 Å². The van der Waals surface area contributed by atoms with Gasteiger partial charge < -0.3 is 15.6 Å².